The minimum Gasteiger partial charge on any atom is -0.309 e. The second-order valence-corrected chi connectivity index (χ2v) is 27.1. The molecule has 0 atom stereocenters. The highest BCUT2D eigenvalue weighted by atomic mass is 16.1. The topological polar surface area (TPSA) is 89.5 Å². The van der Waals surface area contributed by atoms with Gasteiger partial charge in [-0.25, -0.2) is 9.97 Å². The molecule has 0 aliphatic heterocycles. The zero-order chi connectivity index (χ0) is 70.1. The Labute approximate surface area is 605 Å². The molecule has 0 saturated heterocycles. The third-order valence-electron chi connectivity index (χ3n) is 21.3. The number of benzene rings is 14. The van der Waals surface area contributed by atoms with E-state index < -0.39 is 0 Å². The van der Waals surface area contributed by atoms with Gasteiger partial charge in [-0.3, -0.25) is 27.9 Å². The van der Waals surface area contributed by atoms with Gasteiger partial charge >= 0.3 is 0 Å². The Kier molecular flexibility index (Phi) is 13.7. The molecule has 0 saturated carbocycles. The Morgan fingerprint density at radius 3 is 0.868 bits per heavy atom. The maximum atomic E-state index is 14.3. The van der Waals surface area contributed by atoms with Crippen LogP contribution < -0.4 is 11.1 Å². The molecule has 0 unspecified atom stereocenters. The Hall–Kier alpha value is -14.5. The number of fused-ring (bicyclic) bond motifs is 18. The molecular weight excluding hydrogens is 1300 g/mol. The van der Waals surface area contributed by atoms with Crippen LogP contribution in [-0.4, -0.2) is 37.4 Å². The highest BCUT2D eigenvalue weighted by molar-refractivity contribution is 6.16. The third-order valence-corrected chi connectivity index (χ3v) is 21.3. The zero-order valence-corrected chi connectivity index (χ0v) is 57.0. The molecule has 14 aromatic carbocycles. The van der Waals surface area contributed by atoms with E-state index in [4.69, 9.17) is 9.97 Å². The molecule has 0 aliphatic rings. The molecule has 0 aliphatic carbocycles. The number of para-hydroxylation sites is 9. The highest BCUT2D eigenvalue weighted by Gasteiger charge is 2.23. The largest absolute Gasteiger partial charge is 0.309 e. The molecule has 22 aromatic rings. The maximum absolute atomic E-state index is 14.3. The molecule has 106 heavy (non-hydrogen) atoms. The van der Waals surface area contributed by atoms with Crippen molar-refractivity contribution >= 4 is 131 Å². The molecule has 10 heteroatoms. The van der Waals surface area contributed by atoms with Crippen LogP contribution in [0.1, 0.15) is 0 Å². The van der Waals surface area contributed by atoms with Crippen LogP contribution in [0, 0.1) is 0 Å². The van der Waals surface area contributed by atoms with Gasteiger partial charge in [-0.1, -0.05) is 206 Å². The van der Waals surface area contributed by atoms with E-state index in [0.29, 0.717) is 22.4 Å². The van der Waals surface area contributed by atoms with Crippen molar-refractivity contribution in [1.29, 1.82) is 0 Å². The summed E-state index contributed by atoms with van der Waals surface area (Å²) in [6.07, 6.45) is 0. The number of nitrogens with zero attached hydrogens (tertiary/aromatic N) is 8. The average Bonchev–Trinajstić information content (AvgIpc) is 1.38. The minimum absolute atomic E-state index is 0.0836. The van der Waals surface area contributed by atoms with Crippen molar-refractivity contribution in [3.63, 3.8) is 0 Å². The van der Waals surface area contributed by atoms with Crippen LogP contribution in [0.5, 0.6) is 0 Å². The van der Waals surface area contributed by atoms with Crippen molar-refractivity contribution in [2.75, 3.05) is 0 Å². The van der Waals surface area contributed by atoms with Gasteiger partial charge in [0.25, 0.3) is 11.1 Å². The smallest absolute Gasteiger partial charge is 0.282 e. The van der Waals surface area contributed by atoms with E-state index in [1.807, 2.05) is 115 Å². The standard InChI is InChI=1S/2C48H30N4O/c53-48-47-38(35-17-7-11-21-42(35)51(48)34-15-5-2-6-16-34)25-28-46(49-47)52-43-22-12-9-19-37(43)40-30-32(24-27-45(40)52)31-23-26-44-39(29-31)36-18-8-10-20-41(36)50(44)33-13-3-1-4-14-33;53-48-39-20-8-7-17-35(39)38-25-28-46(49-47(38)51(48)34-15-5-2-6-16-34)52-43-22-12-10-19-37(43)41-30-32(24-27-45(41)52)31-23-26-44-40(29-31)36-18-9-11-21-42(36)50(44)33-13-3-1-4-14-33/h2*1-30H. The predicted octanol–water partition coefficient (Wildman–Crippen LogP) is 22.8. The predicted molar refractivity (Wildman–Crippen MR) is 438 cm³/mol. The Bertz CT molecular complexity index is 7490. The molecule has 0 fully saturated rings. The molecule has 8 heterocycles. The van der Waals surface area contributed by atoms with E-state index >= 15 is 0 Å². The second-order valence-electron chi connectivity index (χ2n) is 27.1. The van der Waals surface area contributed by atoms with Gasteiger partial charge < -0.3 is 9.13 Å². The average molecular weight is 1360 g/mol. The summed E-state index contributed by atoms with van der Waals surface area (Å²) in [7, 11) is 0. The summed E-state index contributed by atoms with van der Waals surface area (Å²) in [6.45, 7) is 0. The monoisotopic (exact) mass is 1360 g/mol. The minimum atomic E-state index is -0.140. The Morgan fingerprint density at radius 2 is 0.462 bits per heavy atom. The Balaban J connectivity index is 0.000000136. The summed E-state index contributed by atoms with van der Waals surface area (Å²) in [5.74, 6) is 1.46. The summed E-state index contributed by atoms with van der Waals surface area (Å²) in [4.78, 5) is 38.9. The van der Waals surface area contributed by atoms with Crippen molar-refractivity contribution in [3.05, 3.63) is 385 Å². The molecule has 0 spiro atoms. The lowest BCUT2D eigenvalue weighted by molar-refractivity contribution is 1.01. The second kappa shape index (κ2) is 24.1. The van der Waals surface area contributed by atoms with Gasteiger partial charge in [0, 0.05) is 81.7 Å². The fourth-order valence-electron chi connectivity index (χ4n) is 16.6. The van der Waals surface area contributed by atoms with Gasteiger partial charge in [-0.05, 0) is 185 Å². The van der Waals surface area contributed by atoms with Crippen molar-refractivity contribution in [2.45, 2.75) is 0 Å². The normalized spacial score (nSPS) is 11.8. The van der Waals surface area contributed by atoms with Gasteiger partial charge in [0.15, 0.2) is 0 Å². The van der Waals surface area contributed by atoms with Gasteiger partial charge in [0.1, 0.15) is 22.8 Å². The molecule has 22 rings (SSSR count). The quantitative estimate of drug-likeness (QED) is 0.142. The van der Waals surface area contributed by atoms with Gasteiger partial charge in [0.05, 0.1) is 55.3 Å². The van der Waals surface area contributed by atoms with Crippen LogP contribution in [0.4, 0.5) is 0 Å². The van der Waals surface area contributed by atoms with E-state index in [9.17, 15) is 9.59 Å². The Morgan fingerprint density at radius 1 is 0.179 bits per heavy atom. The van der Waals surface area contributed by atoms with Crippen molar-refractivity contribution in [2.24, 2.45) is 0 Å². The van der Waals surface area contributed by atoms with Crippen LogP contribution in [-0.2, 0) is 0 Å². The summed E-state index contributed by atoms with van der Waals surface area (Å²) in [5, 5.41) is 13.8. The SMILES string of the molecule is O=c1c2ccccc2c2ccc(-n3c4ccccc4c4cc(-c5ccc6c(c5)c5ccccc5n6-c5ccccc5)ccc43)nc2n1-c1ccccc1.O=c1c2nc(-n3c4ccccc4c4cc(-c5ccc6c(c5)c5ccccc5n6-c5ccccc5)ccc43)ccc2c2ccccc2n1-c1ccccc1. The first-order chi connectivity index (χ1) is 52.5. The number of aromatic nitrogens is 8. The molecular formula is C96H60N8O2. The van der Waals surface area contributed by atoms with Crippen LogP contribution in [0.3, 0.4) is 0 Å². The van der Waals surface area contributed by atoms with Crippen LogP contribution >= 0.6 is 0 Å². The van der Waals surface area contributed by atoms with Gasteiger partial charge in [-0.2, -0.15) is 0 Å². The summed E-state index contributed by atoms with van der Waals surface area (Å²) < 4.78 is 12.6. The first-order valence-corrected chi connectivity index (χ1v) is 35.7. The van der Waals surface area contributed by atoms with Gasteiger partial charge in [0.2, 0.25) is 0 Å². The lowest BCUT2D eigenvalue weighted by Crippen LogP contribution is -2.20. The fraction of sp³-hybridized carbons (Fsp3) is 0. The van der Waals surface area contributed by atoms with Crippen molar-refractivity contribution in [1.82, 2.24) is 37.4 Å². The van der Waals surface area contributed by atoms with E-state index in [0.717, 1.165) is 121 Å². The zero-order valence-electron chi connectivity index (χ0n) is 57.0. The lowest BCUT2D eigenvalue weighted by Gasteiger charge is -2.15. The molecule has 0 radical (unpaired) electrons. The molecule has 0 amide bonds. The van der Waals surface area contributed by atoms with Crippen molar-refractivity contribution in [3.8, 4) is 56.6 Å². The van der Waals surface area contributed by atoms with Crippen LogP contribution in [0.2, 0.25) is 0 Å². The number of hydrogen-bond acceptors (Lipinski definition) is 4. The molecule has 8 aromatic heterocycles. The summed E-state index contributed by atoms with van der Waals surface area (Å²) in [6, 6.07) is 126. The number of hydrogen-bond donors (Lipinski definition) is 0. The van der Waals surface area contributed by atoms with Gasteiger partial charge in [-0.15, -0.1) is 0 Å². The fourth-order valence-corrected chi connectivity index (χ4v) is 16.6. The van der Waals surface area contributed by atoms with E-state index in [-0.39, 0.29) is 11.1 Å². The van der Waals surface area contributed by atoms with E-state index in [1.54, 1.807) is 9.13 Å². The third kappa shape index (κ3) is 9.38. The van der Waals surface area contributed by atoms with E-state index in [1.165, 1.54) is 43.6 Å². The molecule has 496 valence electrons. The first-order valence-electron chi connectivity index (χ1n) is 35.7. The molecule has 10 nitrogen and oxygen atoms in total. The van der Waals surface area contributed by atoms with Crippen molar-refractivity contribution < 1.29 is 0 Å². The molecule has 0 bridgehead atoms. The number of rotatable bonds is 8. The first kappa shape index (κ1) is 60.3. The summed E-state index contributed by atoms with van der Waals surface area (Å²) >= 11 is 0. The summed E-state index contributed by atoms with van der Waals surface area (Å²) in [5.41, 5.74) is 19.1. The van der Waals surface area contributed by atoms with Crippen LogP contribution in [0.25, 0.3) is 187 Å². The molecule has 0 N–H and O–H groups in total. The highest BCUT2D eigenvalue weighted by Crippen LogP contribution is 2.42. The number of pyridine rings is 4. The maximum Gasteiger partial charge on any atom is 0.282 e. The van der Waals surface area contributed by atoms with Crippen LogP contribution in [0.15, 0.2) is 374 Å². The lowest BCUT2D eigenvalue weighted by atomic mass is 10.0. The van der Waals surface area contributed by atoms with E-state index in [2.05, 4.69) is 267 Å².